The third kappa shape index (κ3) is 7.34. The largest absolute Gasteiger partial charge is 0.500 e. The van der Waals surface area contributed by atoms with E-state index in [0.29, 0.717) is 17.4 Å². The second-order valence-electron chi connectivity index (χ2n) is 14.7. The van der Waals surface area contributed by atoms with Crippen LogP contribution in [0.5, 0.6) is 0 Å². The van der Waals surface area contributed by atoms with Crippen LogP contribution in [0.3, 0.4) is 0 Å². The summed E-state index contributed by atoms with van der Waals surface area (Å²) in [5, 5.41) is 3.51. The smallest absolute Gasteiger partial charge is 0.120 e. The minimum absolute atomic E-state index is 0. The van der Waals surface area contributed by atoms with E-state index in [1.807, 2.05) is 30.5 Å². The maximum Gasteiger partial charge on any atom is 0.120 e. The van der Waals surface area contributed by atoms with Gasteiger partial charge in [-0.1, -0.05) is 120 Å². The fourth-order valence-electron chi connectivity index (χ4n) is 6.58. The van der Waals surface area contributed by atoms with Crippen LogP contribution >= 0.6 is 0 Å². The van der Waals surface area contributed by atoms with Crippen molar-refractivity contribution in [3.05, 3.63) is 144 Å². The normalized spacial score (nSPS) is 12.8. The number of fused-ring (bicyclic) bond motifs is 4. The molecule has 5 aromatic carbocycles. The summed E-state index contributed by atoms with van der Waals surface area (Å²) in [4.78, 5) is 9.60. The van der Waals surface area contributed by atoms with Gasteiger partial charge in [0.2, 0.25) is 0 Å². The van der Waals surface area contributed by atoms with E-state index in [1.165, 1.54) is 28.1 Å². The fourth-order valence-corrected chi connectivity index (χ4v) is 7.62. The summed E-state index contributed by atoms with van der Waals surface area (Å²) in [5.74, 6) is 1.67. The number of imidazole rings is 1. The molecule has 265 valence electrons. The fraction of sp³-hybridized carbons (Fsp3) is 0.217. The van der Waals surface area contributed by atoms with Gasteiger partial charge in [-0.25, -0.2) is 0 Å². The van der Waals surface area contributed by atoms with Gasteiger partial charge in [0.1, 0.15) is 5.58 Å². The molecule has 0 spiro atoms. The van der Waals surface area contributed by atoms with Crippen LogP contribution in [0, 0.1) is 19.0 Å². The Kier molecular flexibility index (Phi) is 9.69. The van der Waals surface area contributed by atoms with E-state index in [2.05, 4.69) is 136 Å². The molecule has 3 heterocycles. The molecule has 0 fully saturated rings. The molecule has 0 aliphatic rings. The summed E-state index contributed by atoms with van der Waals surface area (Å²) < 4.78 is 30.4. The third-order valence-electron chi connectivity index (χ3n) is 9.40. The first-order valence-corrected chi connectivity index (χ1v) is 21.1. The summed E-state index contributed by atoms with van der Waals surface area (Å²) >= 11 is 0. The van der Waals surface area contributed by atoms with Crippen LogP contribution in [0.25, 0.3) is 61.3 Å². The van der Waals surface area contributed by atoms with Crippen molar-refractivity contribution in [2.75, 3.05) is 0 Å². The van der Waals surface area contributed by atoms with Crippen LogP contribution in [-0.2, 0) is 20.1 Å². The van der Waals surface area contributed by atoms with E-state index >= 15 is 0 Å². The van der Waals surface area contributed by atoms with Gasteiger partial charge in [0.25, 0.3) is 0 Å². The van der Waals surface area contributed by atoms with Gasteiger partial charge in [0.05, 0.1) is 30.5 Å². The molecule has 1 radical (unpaired) electrons. The van der Waals surface area contributed by atoms with Gasteiger partial charge in [-0.15, -0.1) is 59.2 Å². The molecule has 8 aromatic rings. The molecule has 4 nitrogen and oxygen atoms in total. The Balaban J connectivity index is 0.000000211. The number of rotatable bonds is 6. The maximum atomic E-state index is 7.35. The minimum Gasteiger partial charge on any atom is -0.500 e. The minimum atomic E-state index is -2.08. The third-order valence-corrected chi connectivity index (χ3v) is 11.4. The maximum absolute atomic E-state index is 7.35. The quantitative estimate of drug-likeness (QED) is 0.123. The number of aryl methyl sites for hydroxylation is 1. The van der Waals surface area contributed by atoms with Crippen molar-refractivity contribution in [2.24, 2.45) is 0 Å². The van der Waals surface area contributed by atoms with E-state index < -0.39 is 14.9 Å². The van der Waals surface area contributed by atoms with Crippen LogP contribution in [0.4, 0.5) is 0 Å². The number of furan rings is 1. The van der Waals surface area contributed by atoms with Crippen molar-refractivity contribution in [3.63, 3.8) is 0 Å². The zero-order chi connectivity index (χ0) is 38.4. The molecule has 0 aliphatic heterocycles. The Morgan fingerprint density at radius 2 is 1.44 bits per heavy atom. The van der Waals surface area contributed by atoms with E-state index in [0.717, 1.165) is 55.6 Å². The zero-order valence-electron chi connectivity index (χ0n) is 33.7. The monoisotopic (exact) mass is 879 g/mol. The first kappa shape index (κ1) is 33.2. The molecule has 52 heavy (non-hydrogen) atoms. The van der Waals surface area contributed by atoms with Gasteiger partial charge < -0.3 is 14.0 Å². The summed E-state index contributed by atoms with van der Waals surface area (Å²) in [5.41, 5.74) is 10.6. The molecule has 0 saturated heterocycles. The van der Waals surface area contributed by atoms with Crippen molar-refractivity contribution in [1.82, 2.24) is 14.5 Å². The predicted molar refractivity (Wildman–Crippen MR) is 217 cm³/mol. The molecule has 0 bridgehead atoms. The molecular weight excluding hydrogens is 831 g/mol. The molecule has 0 atom stereocenters. The van der Waals surface area contributed by atoms with Crippen molar-refractivity contribution in [2.45, 2.75) is 66.0 Å². The van der Waals surface area contributed by atoms with Crippen molar-refractivity contribution in [1.29, 1.82) is 0 Å². The first-order chi connectivity index (χ1) is 25.7. The summed E-state index contributed by atoms with van der Waals surface area (Å²) in [6, 6.07) is 42.9. The second-order valence-corrected chi connectivity index (χ2v) is 19.8. The molecule has 0 N–H and O–H groups in total. The van der Waals surface area contributed by atoms with E-state index in [4.69, 9.17) is 13.5 Å². The SMILES string of the molecule is CC(C)c1cccc(C(C)C)c1-n1c(-c2[c-]cc3oc4ccccc4c3c2)nc2ccccc21.[2H]C([2H])([2H])c1c[c-]c(-c2ccc([Si](C)(C)C)cn2)cc1.[Ir]. The van der Waals surface area contributed by atoms with Gasteiger partial charge in [-0.3, -0.25) is 4.98 Å². The average Bonchev–Trinajstić information content (AvgIpc) is 3.72. The van der Waals surface area contributed by atoms with E-state index in [9.17, 15) is 0 Å². The number of hydrogen-bond acceptors (Lipinski definition) is 3. The van der Waals surface area contributed by atoms with Gasteiger partial charge in [-0.2, -0.15) is 0 Å². The van der Waals surface area contributed by atoms with Crippen LogP contribution in [0.1, 0.15) is 60.3 Å². The molecule has 8 rings (SSSR count). The molecule has 0 aliphatic carbocycles. The molecule has 3 aromatic heterocycles. The second kappa shape index (κ2) is 15.2. The summed E-state index contributed by atoms with van der Waals surface area (Å²) in [7, 11) is -1.34. The van der Waals surface area contributed by atoms with Crippen molar-refractivity contribution < 1.29 is 28.6 Å². The van der Waals surface area contributed by atoms with Gasteiger partial charge in [0.15, 0.2) is 0 Å². The molecule has 0 unspecified atom stereocenters. The van der Waals surface area contributed by atoms with Crippen LogP contribution < -0.4 is 5.19 Å². The zero-order valence-corrected chi connectivity index (χ0v) is 34.1. The summed E-state index contributed by atoms with van der Waals surface area (Å²) in [6.45, 7) is 13.8. The molecule has 6 heteroatoms. The van der Waals surface area contributed by atoms with E-state index in [-0.39, 0.29) is 20.1 Å². The summed E-state index contributed by atoms with van der Waals surface area (Å²) in [6.07, 6.45) is 1.92. The number of nitrogens with zero attached hydrogens (tertiary/aromatic N) is 3. The predicted octanol–water partition coefficient (Wildman–Crippen LogP) is 12.0. The Bertz CT molecular complexity index is 2500. The number of hydrogen-bond donors (Lipinski definition) is 0. The number of pyridine rings is 1. The van der Waals surface area contributed by atoms with Gasteiger partial charge in [-0.05, 0) is 52.0 Å². The Labute approximate surface area is 326 Å². The molecule has 0 saturated carbocycles. The average molecular weight is 879 g/mol. The Morgan fingerprint density at radius 3 is 2.10 bits per heavy atom. The topological polar surface area (TPSA) is 43.9 Å². The van der Waals surface area contributed by atoms with Gasteiger partial charge >= 0.3 is 0 Å². The molecular formula is C46H45IrN3OSi-2. The number of aromatic nitrogens is 3. The van der Waals surface area contributed by atoms with Crippen LogP contribution in [-0.4, -0.2) is 22.6 Å². The van der Waals surface area contributed by atoms with Crippen LogP contribution in [0.15, 0.2) is 120 Å². The van der Waals surface area contributed by atoms with Crippen LogP contribution in [0.2, 0.25) is 19.6 Å². The van der Waals surface area contributed by atoms with E-state index in [1.54, 1.807) is 12.1 Å². The number of para-hydroxylation sites is 4. The first-order valence-electron chi connectivity index (χ1n) is 19.1. The standard InChI is InChI=1S/C31H27N2O.C15H18NSi.Ir/c1-19(2)22-11-9-12-23(20(3)4)30(22)33-27-14-7-6-13-26(27)32-31(33)21-16-17-29-25(18-21)24-10-5-8-15-28(24)34-29;1-12-5-7-13(8-6-12)15-10-9-14(11-16-15)17(2,3)4;/h5-15,17-20H,1-4H3;5-7,9-11H,1-4H3;/q2*-1;/i;1D3;. The van der Waals surface area contributed by atoms with Crippen molar-refractivity contribution in [3.8, 4) is 28.3 Å². The molecule has 0 amide bonds. The number of benzene rings is 5. The van der Waals surface area contributed by atoms with Gasteiger partial charge in [0, 0.05) is 41.5 Å². The van der Waals surface area contributed by atoms with Crippen molar-refractivity contribution >= 4 is 46.2 Å². The Hall–Kier alpha value is -4.61. The Morgan fingerprint density at radius 1 is 0.731 bits per heavy atom.